The van der Waals surface area contributed by atoms with Crippen LogP contribution in [0.15, 0.2) is 70.4 Å². The van der Waals surface area contributed by atoms with Gasteiger partial charge in [0.15, 0.2) is 0 Å². The third-order valence-electron chi connectivity index (χ3n) is 6.81. The van der Waals surface area contributed by atoms with Crippen LogP contribution in [0.2, 0.25) is 0 Å². The maximum atomic E-state index is 4.43. The molecule has 0 N–H and O–H groups in total. The quantitative estimate of drug-likeness (QED) is 0.191. The fourth-order valence-electron chi connectivity index (χ4n) is 3.19. The molecule has 0 aliphatic carbocycles. The molecule has 0 saturated heterocycles. The van der Waals surface area contributed by atoms with E-state index in [1.807, 2.05) is 6.92 Å². The van der Waals surface area contributed by atoms with Crippen molar-refractivity contribution in [1.82, 2.24) is 4.90 Å². The number of allylic oxidation sites excluding steroid dienone is 5. The maximum absolute atomic E-state index is 4.43. The van der Waals surface area contributed by atoms with Gasteiger partial charge in [0.25, 0.3) is 0 Å². The zero-order chi connectivity index (χ0) is 30.8. The molecule has 0 saturated carbocycles. The molecule has 2 heteroatoms. The van der Waals surface area contributed by atoms with Crippen molar-refractivity contribution in [2.45, 2.75) is 129 Å². The van der Waals surface area contributed by atoms with Crippen molar-refractivity contribution in [2.24, 2.45) is 10.9 Å². The van der Waals surface area contributed by atoms with E-state index >= 15 is 0 Å². The lowest BCUT2D eigenvalue weighted by Crippen LogP contribution is -2.27. The Kier molecular flexibility index (Phi) is 28.7. The van der Waals surface area contributed by atoms with Crippen LogP contribution >= 0.6 is 0 Å². The molecule has 2 nitrogen and oxygen atoms in total. The first kappa shape index (κ1) is 41.1. The topological polar surface area (TPSA) is 15.6 Å². The average molecular weight is 539 g/mol. The Morgan fingerprint density at radius 2 is 1.41 bits per heavy atom. The normalized spacial score (nSPS) is 11.9. The lowest BCUT2D eigenvalue weighted by molar-refractivity contribution is 0.354. The van der Waals surface area contributed by atoms with E-state index in [0.29, 0.717) is 0 Å². The number of rotatable bonds is 12. The molecule has 0 aliphatic rings. The van der Waals surface area contributed by atoms with E-state index < -0.39 is 0 Å². The summed E-state index contributed by atoms with van der Waals surface area (Å²) < 4.78 is 0. The summed E-state index contributed by atoms with van der Waals surface area (Å²) in [4.78, 5) is 6.95. The first-order chi connectivity index (χ1) is 18.5. The van der Waals surface area contributed by atoms with Crippen molar-refractivity contribution in [3.05, 3.63) is 76.5 Å². The molecule has 0 aliphatic heterocycles. The second-order valence-corrected chi connectivity index (χ2v) is 10.6. The van der Waals surface area contributed by atoms with Crippen molar-refractivity contribution < 1.29 is 0 Å². The van der Waals surface area contributed by atoms with Crippen LogP contribution in [0.4, 0.5) is 0 Å². The number of hydrogen-bond acceptors (Lipinski definition) is 2. The lowest BCUT2D eigenvalue weighted by Gasteiger charge is -2.29. The zero-order valence-electron chi connectivity index (χ0n) is 28.5. The van der Waals surface area contributed by atoms with Gasteiger partial charge < -0.3 is 4.90 Å². The Bertz CT molecular complexity index is 835. The smallest absolute Gasteiger partial charge is 0.0885 e. The van der Waals surface area contributed by atoms with Crippen LogP contribution in [0.25, 0.3) is 5.70 Å². The zero-order valence-corrected chi connectivity index (χ0v) is 28.5. The number of aliphatic imine (C=N–C) groups is 1. The van der Waals surface area contributed by atoms with E-state index in [9.17, 15) is 0 Å². The molecule has 0 spiro atoms. The molecule has 0 amide bonds. The highest BCUT2D eigenvalue weighted by Crippen LogP contribution is 2.27. The summed E-state index contributed by atoms with van der Waals surface area (Å²) >= 11 is 0. The van der Waals surface area contributed by atoms with Gasteiger partial charge in [-0.15, -0.1) is 6.58 Å². The molecule has 0 unspecified atom stereocenters. The predicted octanol–water partition coefficient (Wildman–Crippen LogP) is 12.2. The first-order valence-electron chi connectivity index (χ1n) is 15.3. The molecular formula is C37H66N2. The van der Waals surface area contributed by atoms with Gasteiger partial charge in [0, 0.05) is 24.4 Å². The molecular weight excluding hydrogens is 472 g/mol. The molecule has 1 aromatic rings. The van der Waals surface area contributed by atoms with Gasteiger partial charge in [0.2, 0.25) is 0 Å². The van der Waals surface area contributed by atoms with Crippen molar-refractivity contribution in [1.29, 1.82) is 0 Å². The first-order valence-corrected chi connectivity index (χ1v) is 15.3. The third-order valence-corrected chi connectivity index (χ3v) is 6.81. The minimum Gasteiger partial charge on any atom is -0.369 e. The van der Waals surface area contributed by atoms with Gasteiger partial charge in [-0.2, -0.15) is 0 Å². The predicted molar refractivity (Wildman–Crippen MR) is 184 cm³/mol. The minimum absolute atomic E-state index is 0.884. The SMILES string of the molecule is C/C=C(\C)CC.C=CC.C=N/C(=C(/CC)N(CCCC)C/C(C)=C(\C)CC)c1ccc(C)cc1.CCC(C)C. The van der Waals surface area contributed by atoms with Crippen LogP contribution in [0.5, 0.6) is 0 Å². The summed E-state index contributed by atoms with van der Waals surface area (Å²) in [6.45, 7) is 37.5. The number of unbranched alkanes of at least 4 members (excludes halogenated alkanes) is 1. The van der Waals surface area contributed by atoms with E-state index in [4.69, 9.17) is 0 Å². The van der Waals surface area contributed by atoms with Crippen LogP contribution < -0.4 is 0 Å². The molecule has 0 atom stereocenters. The van der Waals surface area contributed by atoms with E-state index in [1.165, 1.54) is 53.7 Å². The minimum atomic E-state index is 0.884. The van der Waals surface area contributed by atoms with Crippen LogP contribution in [0, 0.1) is 12.8 Å². The van der Waals surface area contributed by atoms with E-state index in [1.54, 1.807) is 6.08 Å². The monoisotopic (exact) mass is 539 g/mol. The summed E-state index contributed by atoms with van der Waals surface area (Å²) in [7, 11) is 0. The van der Waals surface area contributed by atoms with Gasteiger partial charge in [-0.1, -0.05) is 120 Å². The highest BCUT2D eigenvalue weighted by molar-refractivity contribution is 5.70. The highest BCUT2D eigenvalue weighted by Gasteiger charge is 2.15. The van der Waals surface area contributed by atoms with Crippen molar-refractivity contribution in [3.8, 4) is 0 Å². The van der Waals surface area contributed by atoms with E-state index in [0.717, 1.165) is 43.1 Å². The standard InChI is InChI=1S/C23H36N2.C6H12.C5H12.C3H6/c1-8-11-16-25(17-20(6)19(5)9-2)22(10-3)23(24-7)21-14-12-18(4)13-15-21;1-4-6(3)5-2;1-4-5(2)3;1-3-2/h12-15H,7-11,16-17H2,1-6H3;4H,5H2,1-3H3;5H,4H2,1-3H3;3H,1H2,2H3/b20-19+,23-22-;6-4+;;. The molecule has 224 valence electrons. The van der Waals surface area contributed by atoms with E-state index in [2.05, 4.69) is 137 Å². The molecule has 39 heavy (non-hydrogen) atoms. The molecule has 0 aromatic heterocycles. The Labute approximate surface area is 246 Å². The second-order valence-electron chi connectivity index (χ2n) is 10.6. The van der Waals surface area contributed by atoms with Gasteiger partial charge >= 0.3 is 0 Å². The second kappa shape index (κ2) is 27.2. The lowest BCUT2D eigenvalue weighted by atomic mass is 10.0. The van der Waals surface area contributed by atoms with Crippen LogP contribution in [0.1, 0.15) is 133 Å². The number of nitrogens with zero attached hydrogens (tertiary/aromatic N) is 2. The summed E-state index contributed by atoms with van der Waals surface area (Å²) in [5.74, 6) is 0.884. The molecule has 0 fully saturated rings. The Balaban J connectivity index is -0.000000760. The van der Waals surface area contributed by atoms with Gasteiger partial charge in [-0.05, 0) is 79.9 Å². The summed E-state index contributed by atoms with van der Waals surface area (Å²) in [5.41, 5.74) is 9.18. The van der Waals surface area contributed by atoms with E-state index in [-0.39, 0.29) is 0 Å². The van der Waals surface area contributed by atoms with Gasteiger partial charge in [-0.25, -0.2) is 0 Å². The van der Waals surface area contributed by atoms with Crippen molar-refractivity contribution >= 4 is 12.4 Å². The Morgan fingerprint density at radius 1 is 0.897 bits per heavy atom. The molecule has 1 rings (SSSR count). The van der Waals surface area contributed by atoms with Crippen molar-refractivity contribution in [3.63, 3.8) is 0 Å². The van der Waals surface area contributed by atoms with Gasteiger partial charge in [-0.3, -0.25) is 4.99 Å². The molecule has 0 bridgehead atoms. The highest BCUT2D eigenvalue weighted by atomic mass is 15.1. The number of hydrogen-bond donors (Lipinski definition) is 0. The average Bonchev–Trinajstić information content (AvgIpc) is 2.94. The van der Waals surface area contributed by atoms with Crippen LogP contribution in [0.3, 0.4) is 0 Å². The number of aryl methyl sites for hydroxylation is 1. The maximum Gasteiger partial charge on any atom is 0.0885 e. The number of benzene rings is 1. The molecule has 0 radical (unpaired) electrons. The summed E-state index contributed by atoms with van der Waals surface area (Å²) in [6.07, 6.45) is 10.9. The molecule has 1 aromatic carbocycles. The fourth-order valence-corrected chi connectivity index (χ4v) is 3.19. The molecule has 0 heterocycles. The largest absolute Gasteiger partial charge is 0.369 e. The van der Waals surface area contributed by atoms with Crippen molar-refractivity contribution in [2.75, 3.05) is 13.1 Å². The van der Waals surface area contributed by atoms with Crippen LogP contribution in [-0.2, 0) is 0 Å². The van der Waals surface area contributed by atoms with Gasteiger partial charge in [0.1, 0.15) is 0 Å². The van der Waals surface area contributed by atoms with Crippen LogP contribution in [-0.4, -0.2) is 24.7 Å². The Morgan fingerprint density at radius 3 is 1.72 bits per heavy atom. The Hall–Kier alpha value is -2.35. The fraction of sp³-hybridized carbons (Fsp3) is 0.595. The van der Waals surface area contributed by atoms with Gasteiger partial charge in [0.05, 0.1) is 5.70 Å². The summed E-state index contributed by atoms with van der Waals surface area (Å²) in [6, 6.07) is 8.62. The summed E-state index contributed by atoms with van der Waals surface area (Å²) in [5, 5.41) is 0. The third kappa shape index (κ3) is 21.2.